The third-order valence-corrected chi connectivity index (χ3v) is 11.4. The van der Waals surface area contributed by atoms with E-state index in [2.05, 4.69) is 128 Å². The van der Waals surface area contributed by atoms with Crippen molar-refractivity contribution in [3.63, 3.8) is 0 Å². The normalized spacial score (nSPS) is 15.2. The molecule has 0 bridgehead atoms. The molecule has 0 aromatic carbocycles. The van der Waals surface area contributed by atoms with Crippen molar-refractivity contribution in [1.82, 2.24) is 5.32 Å². The van der Waals surface area contributed by atoms with Gasteiger partial charge in [0.05, 0.1) is 39.9 Å². The Morgan fingerprint density at radius 2 is 0.955 bits per heavy atom. The molecular formula is C57H95N2O6P. The van der Waals surface area contributed by atoms with Gasteiger partial charge in [-0.05, 0) is 103 Å². The Labute approximate surface area is 405 Å². The number of aliphatic hydroxyl groups excluding tert-OH is 1. The molecule has 0 spiro atoms. The lowest BCUT2D eigenvalue weighted by atomic mass is 10.0. The van der Waals surface area contributed by atoms with E-state index in [4.69, 9.17) is 9.05 Å². The van der Waals surface area contributed by atoms with E-state index in [0.717, 1.165) is 109 Å². The lowest BCUT2D eigenvalue weighted by Crippen LogP contribution is -2.45. The maximum atomic E-state index is 12.9. The van der Waals surface area contributed by atoms with Crippen molar-refractivity contribution in [2.24, 2.45) is 0 Å². The molecule has 0 aliphatic rings. The van der Waals surface area contributed by atoms with Gasteiger partial charge in [0.25, 0.3) is 7.82 Å². The lowest BCUT2D eigenvalue weighted by molar-refractivity contribution is -0.870. The number of unbranched alkanes of at least 4 members (excludes halogenated alkanes) is 12. The highest BCUT2D eigenvalue weighted by Crippen LogP contribution is 2.38. The zero-order valence-corrected chi connectivity index (χ0v) is 43.2. The second-order valence-corrected chi connectivity index (χ2v) is 19.2. The molecule has 0 radical (unpaired) electrons. The fourth-order valence-electron chi connectivity index (χ4n) is 6.44. The van der Waals surface area contributed by atoms with Crippen LogP contribution in [0.5, 0.6) is 0 Å². The molecule has 374 valence electrons. The Morgan fingerprint density at radius 1 is 0.561 bits per heavy atom. The van der Waals surface area contributed by atoms with Gasteiger partial charge >= 0.3 is 0 Å². The van der Waals surface area contributed by atoms with Crippen molar-refractivity contribution in [2.75, 3.05) is 40.9 Å². The molecule has 0 aromatic heterocycles. The molecule has 9 heteroatoms. The van der Waals surface area contributed by atoms with Gasteiger partial charge in [-0.3, -0.25) is 9.36 Å². The summed E-state index contributed by atoms with van der Waals surface area (Å²) in [5, 5.41) is 13.7. The van der Waals surface area contributed by atoms with E-state index in [9.17, 15) is 19.4 Å². The topological polar surface area (TPSA) is 108 Å². The highest BCUT2D eigenvalue weighted by molar-refractivity contribution is 7.45. The van der Waals surface area contributed by atoms with Crippen molar-refractivity contribution >= 4 is 13.7 Å². The first kappa shape index (κ1) is 62.6. The summed E-state index contributed by atoms with van der Waals surface area (Å²) >= 11 is 0. The Hall–Kier alpha value is -3.36. The molecule has 8 nitrogen and oxygen atoms in total. The summed E-state index contributed by atoms with van der Waals surface area (Å²) in [7, 11) is 1.21. The van der Waals surface area contributed by atoms with Crippen LogP contribution in [-0.4, -0.2) is 68.5 Å². The molecule has 3 atom stereocenters. The van der Waals surface area contributed by atoms with E-state index in [-0.39, 0.29) is 12.5 Å². The largest absolute Gasteiger partial charge is 0.756 e. The number of likely N-dealkylation sites (N-methyl/N-ethyl adjacent to an activating group) is 1. The van der Waals surface area contributed by atoms with Crippen LogP contribution in [0.1, 0.15) is 168 Å². The Balaban J connectivity index is 4.10. The number of carbonyl (C=O) groups is 1. The standard InChI is InChI=1S/C57H95N2O6P/c1-6-8-10-12-14-16-17-18-19-20-21-22-23-24-25-26-27-28-29-30-31-32-33-34-35-36-37-38-39-40-41-43-45-47-49-51-57(61)58-55(54-65-66(62,63)64-53-52-59(3,4)5)56(60)50-48-46-44-42-15-13-11-9-7-2/h7-10,14-16,18-19,21-22,24-25,27-28,30-31,33-34,42,48,50,55-56,60H,6,11-13,17,20,23,26,29,32,35-41,43-47,49,51-54H2,1-5H3,(H-,58,61,62,63)/b9-7+,10-8-,16-14-,19-18-,22-21-,25-24-,28-27-,31-30-,34-33-,42-15+,50-48+. The molecule has 1 amide bonds. The number of nitrogens with zero attached hydrogens (tertiary/aromatic N) is 1. The molecule has 3 unspecified atom stereocenters. The number of allylic oxidation sites excluding steroid dienone is 21. The number of phosphoric acid groups is 1. The summed E-state index contributed by atoms with van der Waals surface area (Å²) in [6.45, 7) is 4.23. The van der Waals surface area contributed by atoms with Gasteiger partial charge in [-0.1, -0.05) is 192 Å². The van der Waals surface area contributed by atoms with Gasteiger partial charge in [-0.15, -0.1) is 0 Å². The molecule has 0 saturated heterocycles. The number of hydrogen-bond acceptors (Lipinski definition) is 6. The smallest absolute Gasteiger partial charge is 0.268 e. The predicted molar refractivity (Wildman–Crippen MR) is 283 cm³/mol. The minimum atomic E-state index is -4.61. The molecule has 0 saturated carbocycles. The number of phosphoric ester groups is 1. The van der Waals surface area contributed by atoms with Crippen molar-refractivity contribution < 1.29 is 32.9 Å². The van der Waals surface area contributed by atoms with E-state index in [1.54, 1.807) is 6.08 Å². The lowest BCUT2D eigenvalue weighted by Gasteiger charge is -2.29. The van der Waals surface area contributed by atoms with Gasteiger partial charge in [0, 0.05) is 6.42 Å². The maximum absolute atomic E-state index is 12.9. The summed E-state index contributed by atoms with van der Waals surface area (Å²) in [5.74, 6) is -0.227. The molecule has 0 aromatic rings. The second kappa shape index (κ2) is 46.7. The molecule has 0 aliphatic heterocycles. The van der Waals surface area contributed by atoms with E-state index >= 15 is 0 Å². The monoisotopic (exact) mass is 935 g/mol. The minimum absolute atomic E-state index is 0.0172. The molecule has 0 heterocycles. The van der Waals surface area contributed by atoms with E-state index < -0.39 is 26.6 Å². The second-order valence-electron chi connectivity index (χ2n) is 17.8. The van der Waals surface area contributed by atoms with Crippen LogP contribution in [0.15, 0.2) is 134 Å². The minimum Gasteiger partial charge on any atom is -0.756 e. The number of nitrogens with one attached hydrogen (secondary N) is 1. The first-order valence-corrected chi connectivity index (χ1v) is 27.0. The number of amides is 1. The summed E-state index contributed by atoms with van der Waals surface area (Å²) in [6, 6.07) is -0.919. The van der Waals surface area contributed by atoms with Crippen molar-refractivity contribution in [2.45, 2.75) is 180 Å². The van der Waals surface area contributed by atoms with Crippen LogP contribution in [0.2, 0.25) is 0 Å². The van der Waals surface area contributed by atoms with Crippen LogP contribution in [0.25, 0.3) is 0 Å². The van der Waals surface area contributed by atoms with Crippen molar-refractivity contribution in [3.05, 3.63) is 134 Å². The van der Waals surface area contributed by atoms with Crippen molar-refractivity contribution in [1.29, 1.82) is 0 Å². The van der Waals surface area contributed by atoms with Crippen LogP contribution < -0.4 is 10.2 Å². The Bertz CT molecular complexity index is 1530. The molecule has 2 N–H and O–H groups in total. The Morgan fingerprint density at radius 3 is 1.41 bits per heavy atom. The highest BCUT2D eigenvalue weighted by Gasteiger charge is 2.23. The van der Waals surface area contributed by atoms with Crippen LogP contribution in [0.3, 0.4) is 0 Å². The summed E-state index contributed by atoms with van der Waals surface area (Å²) in [6.07, 6.45) is 71.3. The molecule has 66 heavy (non-hydrogen) atoms. The zero-order chi connectivity index (χ0) is 48.5. The zero-order valence-electron chi connectivity index (χ0n) is 42.3. The third-order valence-electron chi connectivity index (χ3n) is 10.4. The van der Waals surface area contributed by atoms with E-state index in [1.807, 2.05) is 40.2 Å². The predicted octanol–water partition coefficient (Wildman–Crippen LogP) is 14.6. The number of aliphatic hydroxyl groups is 1. The SMILES string of the molecule is C/C=C/CC/C=C/CC/C=C/C(O)C(COP(=O)([O-])OCC[N+](C)(C)C)NC(=O)CCCCCCCCCCCC/C=C\C/C=C\C/C=C\C/C=C\C/C=C\C/C=C\C/C=C\C/C=C\CC. The van der Waals surface area contributed by atoms with Gasteiger partial charge in [-0.2, -0.15) is 0 Å². The van der Waals surface area contributed by atoms with Crippen LogP contribution in [0, 0.1) is 0 Å². The van der Waals surface area contributed by atoms with Gasteiger partial charge in [0.15, 0.2) is 0 Å². The number of hydrogen-bond donors (Lipinski definition) is 2. The molecular weight excluding hydrogens is 840 g/mol. The van der Waals surface area contributed by atoms with Gasteiger partial charge in [-0.25, -0.2) is 0 Å². The van der Waals surface area contributed by atoms with Crippen molar-refractivity contribution in [3.8, 4) is 0 Å². The average molecular weight is 935 g/mol. The average Bonchev–Trinajstić information content (AvgIpc) is 3.28. The molecule has 0 rings (SSSR count). The molecule has 0 fully saturated rings. The first-order valence-electron chi connectivity index (χ1n) is 25.5. The summed E-state index contributed by atoms with van der Waals surface area (Å²) in [5.41, 5.74) is 0. The fraction of sp³-hybridized carbons (Fsp3) is 0.596. The third kappa shape index (κ3) is 48.6. The van der Waals surface area contributed by atoms with E-state index in [0.29, 0.717) is 17.4 Å². The summed E-state index contributed by atoms with van der Waals surface area (Å²) in [4.78, 5) is 25.3. The Kier molecular flexibility index (Phi) is 44.4. The van der Waals surface area contributed by atoms with Crippen LogP contribution >= 0.6 is 7.82 Å². The summed E-state index contributed by atoms with van der Waals surface area (Å²) < 4.78 is 23.1. The van der Waals surface area contributed by atoms with Crippen LogP contribution in [-0.2, 0) is 18.4 Å². The number of quaternary nitrogens is 1. The first-order chi connectivity index (χ1) is 32.0. The fourth-order valence-corrected chi connectivity index (χ4v) is 7.16. The maximum Gasteiger partial charge on any atom is 0.268 e. The van der Waals surface area contributed by atoms with Gasteiger partial charge in [0.1, 0.15) is 13.2 Å². The molecule has 0 aliphatic carbocycles. The highest BCUT2D eigenvalue weighted by atomic mass is 31.2. The van der Waals surface area contributed by atoms with Gasteiger partial charge in [0.2, 0.25) is 5.91 Å². The van der Waals surface area contributed by atoms with E-state index in [1.165, 1.54) is 38.5 Å². The number of rotatable bonds is 44. The number of carbonyl (C=O) groups excluding carboxylic acids is 1. The van der Waals surface area contributed by atoms with Crippen LogP contribution in [0.4, 0.5) is 0 Å². The quantitative estimate of drug-likeness (QED) is 0.0273. The van der Waals surface area contributed by atoms with Gasteiger partial charge < -0.3 is 28.8 Å².